The highest BCUT2D eigenvalue weighted by molar-refractivity contribution is 5.28. The van der Waals surface area contributed by atoms with Crippen LogP contribution in [0, 0.1) is 0 Å². The number of likely N-dealkylation sites (N-methyl/N-ethyl adjacent to an activating group) is 1. The standard InChI is InChI=1S/C18H27N3O2/c1-5-21(11-14-10-17(20-19-14)18(2,3)4)12-16(23)13-7-6-8-15(22)9-13/h6-10,16,22-23H,5,11-12H2,1-4H3,(H,19,20)/t16-/m1/s1. The first-order valence-electron chi connectivity index (χ1n) is 8.03. The molecule has 0 spiro atoms. The van der Waals surface area contributed by atoms with Gasteiger partial charge in [-0.2, -0.15) is 5.10 Å². The smallest absolute Gasteiger partial charge is 0.115 e. The highest BCUT2D eigenvalue weighted by atomic mass is 16.3. The Labute approximate surface area is 138 Å². The second-order valence-corrected chi connectivity index (χ2v) is 6.97. The van der Waals surface area contributed by atoms with Crippen LogP contribution in [0.4, 0.5) is 0 Å². The molecule has 0 amide bonds. The molecule has 0 aliphatic carbocycles. The van der Waals surface area contributed by atoms with E-state index in [1.54, 1.807) is 18.2 Å². The summed E-state index contributed by atoms with van der Waals surface area (Å²) in [4.78, 5) is 2.15. The lowest BCUT2D eigenvalue weighted by atomic mass is 9.92. The average Bonchev–Trinajstić information content (AvgIpc) is 2.95. The van der Waals surface area contributed by atoms with Gasteiger partial charge in [-0.3, -0.25) is 10.00 Å². The summed E-state index contributed by atoms with van der Waals surface area (Å²) in [6.07, 6.45) is -0.632. The van der Waals surface area contributed by atoms with Gasteiger partial charge in [-0.1, -0.05) is 39.8 Å². The van der Waals surface area contributed by atoms with Crippen molar-refractivity contribution in [2.45, 2.75) is 45.8 Å². The third-order valence-corrected chi connectivity index (χ3v) is 3.93. The summed E-state index contributed by atoms with van der Waals surface area (Å²) in [5, 5.41) is 27.4. The summed E-state index contributed by atoms with van der Waals surface area (Å²) in [6, 6.07) is 8.86. The van der Waals surface area contributed by atoms with E-state index >= 15 is 0 Å². The molecule has 1 aromatic carbocycles. The molecule has 0 unspecified atom stereocenters. The number of aromatic amines is 1. The Kier molecular flexibility index (Phi) is 5.44. The van der Waals surface area contributed by atoms with E-state index < -0.39 is 6.10 Å². The maximum atomic E-state index is 10.4. The predicted octanol–water partition coefficient (Wildman–Crippen LogP) is 2.97. The number of rotatable bonds is 6. The van der Waals surface area contributed by atoms with Gasteiger partial charge in [0, 0.05) is 24.2 Å². The Balaban J connectivity index is 2.01. The van der Waals surface area contributed by atoms with Gasteiger partial charge in [-0.15, -0.1) is 0 Å². The molecule has 126 valence electrons. The molecule has 0 bridgehead atoms. The van der Waals surface area contributed by atoms with Gasteiger partial charge in [0.05, 0.1) is 11.8 Å². The van der Waals surface area contributed by atoms with Gasteiger partial charge >= 0.3 is 0 Å². The van der Waals surface area contributed by atoms with Crippen LogP contribution >= 0.6 is 0 Å². The molecule has 5 nitrogen and oxygen atoms in total. The number of aliphatic hydroxyl groups is 1. The number of phenolic OH excluding ortho intramolecular Hbond substituents is 1. The molecule has 0 aliphatic rings. The largest absolute Gasteiger partial charge is 0.508 e. The summed E-state index contributed by atoms with van der Waals surface area (Å²) in [6.45, 7) is 10.5. The molecule has 0 saturated carbocycles. The van der Waals surface area contributed by atoms with E-state index in [1.165, 1.54) is 0 Å². The maximum absolute atomic E-state index is 10.4. The minimum Gasteiger partial charge on any atom is -0.508 e. The maximum Gasteiger partial charge on any atom is 0.115 e. The summed E-state index contributed by atoms with van der Waals surface area (Å²) in [5.74, 6) is 0.174. The molecule has 0 radical (unpaired) electrons. The number of benzene rings is 1. The van der Waals surface area contributed by atoms with Crippen LogP contribution < -0.4 is 0 Å². The summed E-state index contributed by atoms with van der Waals surface area (Å²) < 4.78 is 0. The first-order valence-corrected chi connectivity index (χ1v) is 8.03. The zero-order valence-corrected chi connectivity index (χ0v) is 14.4. The van der Waals surface area contributed by atoms with Crippen LogP contribution in [0.1, 0.15) is 50.8 Å². The SMILES string of the molecule is CCN(Cc1cc(C(C)(C)C)n[nH]1)C[C@@H](O)c1cccc(O)c1. The van der Waals surface area contributed by atoms with Crippen LogP contribution in [0.5, 0.6) is 5.75 Å². The zero-order valence-electron chi connectivity index (χ0n) is 14.4. The number of phenols is 1. The topological polar surface area (TPSA) is 72.4 Å². The molecule has 2 aromatic rings. The monoisotopic (exact) mass is 317 g/mol. The fourth-order valence-electron chi connectivity index (χ4n) is 2.46. The second kappa shape index (κ2) is 7.15. The third kappa shape index (κ3) is 4.81. The molecule has 0 fully saturated rings. The molecule has 3 N–H and O–H groups in total. The van der Waals surface area contributed by atoms with E-state index in [0.29, 0.717) is 13.1 Å². The zero-order chi connectivity index (χ0) is 17.0. The fraction of sp³-hybridized carbons (Fsp3) is 0.500. The average molecular weight is 317 g/mol. The molecule has 0 saturated heterocycles. The van der Waals surface area contributed by atoms with E-state index in [-0.39, 0.29) is 11.2 Å². The normalized spacial score (nSPS) is 13.5. The van der Waals surface area contributed by atoms with Crippen molar-refractivity contribution in [3.63, 3.8) is 0 Å². The number of aliphatic hydroxyl groups excluding tert-OH is 1. The Bertz CT molecular complexity index is 631. The quantitative estimate of drug-likeness (QED) is 0.766. The van der Waals surface area contributed by atoms with E-state index in [0.717, 1.165) is 23.5 Å². The summed E-state index contributed by atoms with van der Waals surface area (Å²) >= 11 is 0. The van der Waals surface area contributed by atoms with Crippen molar-refractivity contribution < 1.29 is 10.2 Å². The van der Waals surface area contributed by atoms with Crippen LogP contribution in [0.3, 0.4) is 0 Å². The van der Waals surface area contributed by atoms with Gasteiger partial charge in [0.15, 0.2) is 0 Å². The van der Waals surface area contributed by atoms with E-state index in [9.17, 15) is 10.2 Å². The molecule has 1 heterocycles. The minimum absolute atomic E-state index is 0.0207. The van der Waals surface area contributed by atoms with E-state index in [2.05, 4.69) is 48.9 Å². The first kappa shape index (κ1) is 17.5. The van der Waals surface area contributed by atoms with Gasteiger partial charge in [-0.05, 0) is 30.3 Å². The number of aromatic hydroxyl groups is 1. The summed E-state index contributed by atoms with van der Waals surface area (Å²) in [5.41, 5.74) is 2.83. The molecular formula is C18H27N3O2. The predicted molar refractivity (Wildman–Crippen MR) is 91.3 cm³/mol. The molecule has 1 atom stereocenters. The van der Waals surface area contributed by atoms with Gasteiger partial charge in [0.2, 0.25) is 0 Å². The lowest BCUT2D eigenvalue weighted by molar-refractivity contribution is 0.111. The van der Waals surface area contributed by atoms with Crippen molar-refractivity contribution in [2.75, 3.05) is 13.1 Å². The number of nitrogens with zero attached hydrogens (tertiary/aromatic N) is 2. The minimum atomic E-state index is -0.632. The van der Waals surface area contributed by atoms with Gasteiger partial charge in [0.1, 0.15) is 5.75 Å². The van der Waals surface area contributed by atoms with Crippen molar-refractivity contribution >= 4 is 0 Å². The van der Waals surface area contributed by atoms with Gasteiger partial charge in [-0.25, -0.2) is 0 Å². The van der Waals surface area contributed by atoms with Crippen molar-refractivity contribution in [3.8, 4) is 5.75 Å². The van der Waals surface area contributed by atoms with Gasteiger partial charge in [0.25, 0.3) is 0 Å². The molecular weight excluding hydrogens is 290 g/mol. The van der Waals surface area contributed by atoms with E-state index in [1.807, 2.05) is 6.07 Å². The fourth-order valence-corrected chi connectivity index (χ4v) is 2.46. The first-order chi connectivity index (χ1) is 10.8. The lowest BCUT2D eigenvalue weighted by Crippen LogP contribution is -2.28. The molecule has 1 aromatic heterocycles. The molecule has 5 heteroatoms. The second-order valence-electron chi connectivity index (χ2n) is 6.97. The Morgan fingerprint density at radius 3 is 2.57 bits per heavy atom. The van der Waals surface area contributed by atoms with Crippen LogP contribution in [0.25, 0.3) is 0 Å². The van der Waals surface area contributed by atoms with Crippen molar-refractivity contribution in [1.82, 2.24) is 15.1 Å². The molecule has 2 rings (SSSR count). The molecule has 23 heavy (non-hydrogen) atoms. The highest BCUT2D eigenvalue weighted by Gasteiger charge is 2.19. The highest BCUT2D eigenvalue weighted by Crippen LogP contribution is 2.22. The number of hydrogen-bond acceptors (Lipinski definition) is 4. The van der Waals surface area contributed by atoms with Crippen molar-refractivity contribution in [3.05, 3.63) is 47.3 Å². The van der Waals surface area contributed by atoms with Gasteiger partial charge < -0.3 is 10.2 Å². The number of aromatic nitrogens is 2. The molecule has 0 aliphatic heterocycles. The van der Waals surface area contributed by atoms with Crippen molar-refractivity contribution in [2.24, 2.45) is 0 Å². The van der Waals surface area contributed by atoms with Crippen LogP contribution in [0.2, 0.25) is 0 Å². The number of H-pyrrole nitrogens is 1. The van der Waals surface area contributed by atoms with E-state index in [4.69, 9.17) is 0 Å². The Morgan fingerprint density at radius 2 is 2.00 bits per heavy atom. The third-order valence-electron chi connectivity index (χ3n) is 3.93. The summed E-state index contributed by atoms with van der Waals surface area (Å²) in [7, 11) is 0. The Hall–Kier alpha value is -1.85. The van der Waals surface area contributed by atoms with Crippen LogP contribution in [0.15, 0.2) is 30.3 Å². The van der Waals surface area contributed by atoms with Crippen LogP contribution in [-0.4, -0.2) is 38.4 Å². The Morgan fingerprint density at radius 1 is 1.26 bits per heavy atom. The lowest BCUT2D eigenvalue weighted by Gasteiger charge is -2.23. The number of hydrogen-bond donors (Lipinski definition) is 3. The van der Waals surface area contributed by atoms with Crippen molar-refractivity contribution in [1.29, 1.82) is 0 Å². The number of nitrogens with one attached hydrogen (secondary N) is 1. The van der Waals surface area contributed by atoms with Crippen LogP contribution in [-0.2, 0) is 12.0 Å².